The van der Waals surface area contributed by atoms with Crippen molar-refractivity contribution in [2.24, 2.45) is 0 Å². The number of likely N-dealkylation sites (tertiary alicyclic amines) is 1. The number of carbonyl (C=O) groups excluding carboxylic acids is 1. The third-order valence-corrected chi connectivity index (χ3v) is 6.11. The third kappa shape index (κ3) is 4.32. The van der Waals surface area contributed by atoms with Gasteiger partial charge < -0.3 is 5.32 Å². The normalized spacial score (nSPS) is 17.9. The largest absolute Gasteiger partial charge is 0.354 e. The number of nitrogens with one attached hydrogen (secondary N) is 1. The summed E-state index contributed by atoms with van der Waals surface area (Å²) in [6, 6.07) is 16.2. The van der Waals surface area contributed by atoms with Crippen LogP contribution in [0.1, 0.15) is 49.9 Å². The van der Waals surface area contributed by atoms with Crippen molar-refractivity contribution in [1.29, 1.82) is 0 Å². The lowest BCUT2D eigenvalue weighted by atomic mass is 9.95. The van der Waals surface area contributed by atoms with Gasteiger partial charge >= 0.3 is 0 Å². The molecule has 1 amide bonds. The monoisotopic (exact) mass is 391 g/mol. The molecule has 3 heterocycles. The van der Waals surface area contributed by atoms with E-state index >= 15 is 0 Å². The standard InChI is InChI=1S/C23H29N5O/c1-17(19-8-4-3-5-9-19)16-24-23(29)18(2)27-14-11-20(12-15-27)22-26-25-21-10-6-7-13-28(21)22/h3-10,13,17-18,20H,11-12,14-16H2,1-2H3,(H,24,29). The lowest BCUT2D eigenvalue weighted by Gasteiger charge is -2.34. The van der Waals surface area contributed by atoms with Gasteiger partial charge in [0.25, 0.3) is 0 Å². The molecule has 6 heteroatoms. The van der Waals surface area contributed by atoms with Crippen molar-refractivity contribution in [1.82, 2.24) is 24.8 Å². The van der Waals surface area contributed by atoms with Gasteiger partial charge in [-0.2, -0.15) is 0 Å². The van der Waals surface area contributed by atoms with Crippen LogP contribution in [0.2, 0.25) is 0 Å². The molecule has 0 spiro atoms. The predicted molar refractivity (Wildman–Crippen MR) is 114 cm³/mol. The molecule has 0 bridgehead atoms. The second kappa shape index (κ2) is 8.74. The van der Waals surface area contributed by atoms with Gasteiger partial charge in [0, 0.05) is 18.7 Å². The number of carbonyl (C=O) groups is 1. The summed E-state index contributed by atoms with van der Waals surface area (Å²) >= 11 is 0. The Kier molecular flexibility index (Phi) is 5.90. The van der Waals surface area contributed by atoms with E-state index in [0.29, 0.717) is 18.4 Å². The van der Waals surface area contributed by atoms with Crippen LogP contribution in [0.5, 0.6) is 0 Å². The maximum Gasteiger partial charge on any atom is 0.237 e. The zero-order valence-corrected chi connectivity index (χ0v) is 17.2. The highest BCUT2D eigenvalue weighted by atomic mass is 16.2. The molecule has 0 radical (unpaired) electrons. The molecular formula is C23H29N5O. The molecule has 0 saturated carbocycles. The first-order valence-corrected chi connectivity index (χ1v) is 10.5. The topological polar surface area (TPSA) is 62.5 Å². The van der Waals surface area contributed by atoms with E-state index in [1.165, 1.54) is 5.56 Å². The van der Waals surface area contributed by atoms with Gasteiger partial charge in [-0.05, 0) is 56.5 Å². The Hall–Kier alpha value is -2.73. The number of amides is 1. The Morgan fingerprint density at radius 1 is 1.07 bits per heavy atom. The Morgan fingerprint density at radius 3 is 2.55 bits per heavy atom. The number of hydrogen-bond donors (Lipinski definition) is 1. The summed E-state index contributed by atoms with van der Waals surface area (Å²) in [5.41, 5.74) is 2.15. The zero-order valence-electron chi connectivity index (χ0n) is 17.2. The van der Waals surface area contributed by atoms with Crippen molar-refractivity contribution in [3.05, 3.63) is 66.1 Å². The molecule has 2 unspecified atom stereocenters. The van der Waals surface area contributed by atoms with Crippen molar-refractivity contribution in [2.45, 2.75) is 44.6 Å². The minimum Gasteiger partial charge on any atom is -0.354 e. The van der Waals surface area contributed by atoms with Crippen molar-refractivity contribution in [3.63, 3.8) is 0 Å². The van der Waals surface area contributed by atoms with Gasteiger partial charge in [-0.1, -0.05) is 43.3 Å². The summed E-state index contributed by atoms with van der Waals surface area (Å²) in [5.74, 6) is 1.84. The van der Waals surface area contributed by atoms with E-state index < -0.39 is 0 Å². The lowest BCUT2D eigenvalue weighted by molar-refractivity contribution is -0.126. The Bertz CT molecular complexity index is 946. The van der Waals surface area contributed by atoms with E-state index in [0.717, 1.165) is 37.4 Å². The first-order valence-electron chi connectivity index (χ1n) is 10.5. The Morgan fingerprint density at radius 2 is 1.79 bits per heavy atom. The lowest BCUT2D eigenvalue weighted by Crippen LogP contribution is -2.48. The van der Waals surface area contributed by atoms with Crippen LogP contribution < -0.4 is 5.32 Å². The summed E-state index contributed by atoms with van der Waals surface area (Å²) < 4.78 is 2.08. The van der Waals surface area contributed by atoms with E-state index in [1.807, 2.05) is 49.5 Å². The van der Waals surface area contributed by atoms with Gasteiger partial charge in [-0.15, -0.1) is 10.2 Å². The number of rotatable bonds is 6. The molecule has 152 valence electrons. The molecule has 2 aromatic heterocycles. The molecule has 0 aliphatic carbocycles. The highest BCUT2D eigenvalue weighted by Crippen LogP contribution is 2.28. The van der Waals surface area contributed by atoms with Crippen LogP contribution in [-0.2, 0) is 4.79 Å². The fourth-order valence-corrected chi connectivity index (χ4v) is 4.15. The molecule has 1 aliphatic rings. The van der Waals surface area contributed by atoms with Gasteiger partial charge in [0.15, 0.2) is 5.65 Å². The summed E-state index contributed by atoms with van der Waals surface area (Å²) in [7, 11) is 0. The van der Waals surface area contributed by atoms with E-state index in [-0.39, 0.29) is 11.9 Å². The van der Waals surface area contributed by atoms with Crippen molar-refractivity contribution >= 4 is 11.6 Å². The highest BCUT2D eigenvalue weighted by Gasteiger charge is 2.29. The molecule has 29 heavy (non-hydrogen) atoms. The van der Waals surface area contributed by atoms with E-state index in [9.17, 15) is 4.79 Å². The van der Waals surface area contributed by atoms with E-state index in [1.54, 1.807) is 0 Å². The number of aromatic nitrogens is 3. The SMILES string of the molecule is CC(CNC(=O)C(C)N1CCC(c2nnc3ccccn23)CC1)c1ccccc1. The average Bonchev–Trinajstić information content (AvgIpc) is 3.21. The highest BCUT2D eigenvalue weighted by molar-refractivity contribution is 5.81. The second-order valence-electron chi connectivity index (χ2n) is 8.03. The smallest absolute Gasteiger partial charge is 0.237 e. The summed E-state index contributed by atoms with van der Waals surface area (Å²) in [4.78, 5) is 15.0. The maximum absolute atomic E-state index is 12.7. The molecule has 2 atom stereocenters. The van der Waals surface area contributed by atoms with Gasteiger partial charge in [0.2, 0.25) is 5.91 Å². The van der Waals surface area contributed by atoms with Crippen molar-refractivity contribution < 1.29 is 4.79 Å². The fourth-order valence-electron chi connectivity index (χ4n) is 4.15. The summed E-state index contributed by atoms with van der Waals surface area (Å²) in [6.07, 6.45) is 4.02. The molecule has 1 fully saturated rings. The zero-order chi connectivity index (χ0) is 20.2. The molecule has 6 nitrogen and oxygen atoms in total. The number of pyridine rings is 1. The van der Waals surface area contributed by atoms with E-state index in [4.69, 9.17) is 0 Å². The summed E-state index contributed by atoms with van der Waals surface area (Å²) in [6.45, 7) is 6.61. The van der Waals surface area contributed by atoms with Crippen LogP contribution in [0.15, 0.2) is 54.7 Å². The second-order valence-corrected chi connectivity index (χ2v) is 8.03. The van der Waals surface area contributed by atoms with Crippen LogP contribution in [0.4, 0.5) is 0 Å². The van der Waals surface area contributed by atoms with Crippen molar-refractivity contribution in [3.8, 4) is 0 Å². The molecule has 3 aromatic rings. The first-order chi connectivity index (χ1) is 14.1. The number of fused-ring (bicyclic) bond motifs is 1. The van der Waals surface area contributed by atoms with Crippen LogP contribution >= 0.6 is 0 Å². The molecule has 1 saturated heterocycles. The minimum atomic E-state index is -0.117. The van der Waals surface area contributed by atoms with Crippen LogP contribution in [0.25, 0.3) is 5.65 Å². The quantitative estimate of drug-likeness (QED) is 0.701. The molecule has 1 aromatic carbocycles. The maximum atomic E-state index is 12.7. The Balaban J connectivity index is 1.29. The van der Waals surface area contributed by atoms with E-state index in [2.05, 4.69) is 43.9 Å². The van der Waals surface area contributed by atoms with Crippen molar-refractivity contribution in [2.75, 3.05) is 19.6 Å². The summed E-state index contributed by atoms with van der Waals surface area (Å²) in [5, 5.41) is 11.8. The average molecular weight is 392 g/mol. The van der Waals surface area contributed by atoms with Gasteiger partial charge in [0.05, 0.1) is 6.04 Å². The Labute approximate surface area is 171 Å². The van der Waals surface area contributed by atoms with Gasteiger partial charge in [-0.3, -0.25) is 14.1 Å². The van der Waals surface area contributed by atoms with Crippen LogP contribution in [0.3, 0.4) is 0 Å². The van der Waals surface area contributed by atoms with Crippen LogP contribution in [0, 0.1) is 0 Å². The molecule has 1 aliphatic heterocycles. The molecule has 1 N–H and O–H groups in total. The number of piperidine rings is 1. The van der Waals surface area contributed by atoms with Gasteiger partial charge in [0.1, 0.15) is 5.82 Å². The van der Waals surface area contributed by atoms with Gasteiger partial charge in [-0.25, -0.2) is 0 Å². The number of benzene rings is 1. The molecular weight excluding hydrogens is 362 g/mol. The number of nitrogens with zero attached hydrogens (tertiary/aromatic N) is 4. The number of hydrogen-bond acceptors (Lipinski definition) is 4. The molecule has 4 rings (SSSR count). The fraction of sp³-hybridized carbons (Fsp3) is 0.435. The first kappa shape index (κ1) is 19.6. The predicted octanol–water partition coefficient (Wildman–Crippen LogP) is 3.22. The minimum absolute atomic E-state index is 0.110. The van der Waals surface area contributed by atoms with Crippen LogP contribution in [-0.4, -0.2) is 51.1 Å². The third-order valence-electron chi connectivity index (χ3n) is 6.11.